The molecule has 0 unspecified atom stereocenters. The normalized spacial score (nSPS) is 21.2. The molecule has 28 heavy (non-hydrogen) atoms. The van der Waals surface area contributed by atoms with Crippen molar-refractivity contribution < 1.29 is 23.5 Å². The van der Waals surface area contributed by atoms with Crippen molar-refractivity contribution >= 4 is 12.6 Å². The van der Waals surface area contributed by atoms with Crippen LogP contribution in [0.15, 0.2) is 30.5 Å². The Hall–Kier alpha value is -2.00. The summed E-state index contributed by atoms with van der Waals surface area (Å²) < 4.78 is 29.8. The summed E-state index contributed by atoms with van der Waals surface area (Å²) in [6.45, 7) is 11.1. The minimum atomic E-state index is -0.517. The maximum atomic E-state index is 6.23. The summed E-state index contributed by atoms with van der Waals surface area (Å²) >= 11 is 0. The van der Waals surface area contributed by atoms with Crippen molar-refractivity contribution in [3.05, 3.63) is 41.7 Å². The van der Waals surface area contributed by atoms with Gasteiger partial charge in [0.15, 0.2) is 6.29 Å². The number of hydrogen-bond donors (Lipinski definition) is 0. The third kappa shape index (κ3) is 3.65. The molecule has 4 rings (SSSR count). The Morgan fingerprint density at radius 2 is 1.71 bits per heavy atom. The van der Waals surface area contributed by atoms with Crippen LogP contribution in [0.4, 0.5) is 0 Å². The summed E-state index contributed by atoms with van der Waals surface area (Å²) in [4.78, 5) is 8.44. The van der Waals surface area contributed by atoms with E-state index in [1.54, 1.807) is 6.20 Å². The first-order valence-corrected chi connectivity index (χ1v) is 9.45. The summed E-state index contributed by atoms with van der Waals surface area (Å²) in [5, 5.41) is 0. The Kier molecular flexibility index (Phi) is 4.91. The number of aryl methyl sites for hydroxylation is 1. The van der Waals surface area contributed by atoms with Gasteiger partial charge >= 0.3 is 13.1 Å². The lowest BCUT2D eigenvalue weighted by Crippen LogP contribution is -2.41. The highest BCUT2D eigenvalue weighted by molar-refractivity contribution is 6.62. The van der Waals surface area contributed by atoms with Crippen LogP contribution in [0.25, 0.3) is 0 Å². The van der Waals surface area contributed by atoms with Crippen LogP contribution in [0.3, 0.4) is 0 Å². The van der Waals surface area contributed by atoms with Gasteiger partial charge in [0.2, 0.25) is 0 Å². The van der Waals surface area contributed by atoms with Crippen LogP contribution in [0.2, 0.25) is 0 Å². The van der Waals surface area contributed by atoms with E-state index >= 15 is 0 Å². The van der Waals surface area contributed by atoms with E-state index in [2.05, 4.69) is 9.97 Å². The fraction of sp³-hybridized carbons (Fsp3) is 0.500. The van der Waals surface area contributed by atoms with Crippen molar-refractivity contribution in [3.63, 3.8) is 0 Å². The van der Waals surface area contributed by atoms with Crippen molar-refractivity contribution in [2.24, 2.45) is 0 Å². The Morgan fingerprint density at radius 3 is 2.36 bits per heavy atom. The standard InChI is InChI=1S/C20H25BN2O5/c1-13-8-9-22-18(23-13)26-14-6-7-16(15(12-14)17-24-10-11-25-17)21-27-19(2,3)20(4,5)28-21/h6-9,12,17H,10-11H2,1-5H3. The van der Waals surface area contributed by atoms with E-state index in [-0.39, 0.29) is 0 Å². The topological polar surface area (TPSA) is 71.9 Å². The van der Waals surface area contributed by atoms with Crippen molar-refractivity contribution in [2.45, 2.75) is 52.1 Å². The molecule has 8 heteroatoms. The first-order valence-electron chi connectivity index (χ1n) is 9.45. The zero-order valence-electron chi connectivity index (χ0n) is 16.9. The van der Waals surface area contributed by atoms with Gasteiger partial charge in [0.25, 0.3) is 0 Å². The van der Waals surface area contributed by atoms with Crippen molar-refractivity contribution in [1.29, 1.82) is 0 Å². The van der Waals surface area contributed by atoms with E-state index in [0.29, 0.717) is 25.0 Å². The van der Waals surface area contributed by atoms with Crippen LogP contribution in [0.5, 0.6) is 11.8 Å². The van der Waals surface area contributed by atoms with Gasteiger partial charge in [-0.05, 0) is 58.3 Å². The lowest BCUT2D eigenvalue weighted by molar-refractivity contribution is -0.0436. The third-order valence-corrected chi connectivity index (χ3v) is 5.42. The van der Waals surface area contributed by atoms with Gasteiger partial charge in [0, 0.05) is 17.5 Å². The third-order valence-electron chi connectivity index (χ3n) is 5.42. The molecule has 2 aliphatic heterocycles. The number of aromatic nitrogens is 2. The second kappa shape index (κ2) is 7.11. The molecule has 0 spiro atoms. The van der Waals surface area contributed by atoms with Gasteiger partial charge in [-0.3, -0.25) is 0 Å². The number of rotatable bonds is 4. The predicted molar refractivity (Wildman–Crippen MR) is 104 cm³/mol. The largest absolute Gasteiger partial charge is 0.495 e. The molecule has 2 fully saturated rings. The van der Waals surface area contributed by atoms with Crippen LogP contribution in [-0.4, -0.2) is 41.5 Å². The lowest BCUT2D eigenvalue weighted by atomic mass is 9.75. The molecule has 0 atom stereocenters. The van der Waals surface area contributed by atoms with E-state index in [1.165, 1.54) is 0 Å². The summed E-state index contributed by atoms with van der Waals surface area (Å²) in [5.74, 6) is 0.597. The van der Waals surface area contributed by atoms with Gasteiger partial charge in [-0.2, -0.15) is 0 Å². The molecule has 148 valence electrons. The van der Waals surface area contributed by atoms with Gasteiger partial charge < -0.3 is 23.5 Å². The number of nitrogens with zero attached hydrogens (tertiary/aromatic N) is 2. The van der Waals surface area contributed by atoms with E-state index in [1.807, 2.05) is 58.9 Å². The van der Waals surface area contributed by atoms with E-state index in [4.69, 9.17) is 23.5 Å². The summed E-state index contributed by atoms with van der Waals surface area (Å²) in [6.07, 6.45) is 1.18. The highest BCUT2D eigenvalue weighted by atomic mass is 16.7. The van der Waals surface area contributed by atoms with Gasteiger partial charge in [0.1, 0.15) is 5.75 Å². The number of hydrogen-bond acceptors (Lipinski definition) is 7. The minimum absolute atomic E-state index is 0.294. The lowest BCUT2D eigenvalue weighted by Gasteiger charge is -2.32. The summed E-state index contributed by atoms with van der Waals surface area (Å²) in [5.41, 5.74) is 1.65. The molecule has 0 radical (unpaired) electrons. The first kappa shape index (κ1) is 19.3. The molecule has 2 aromatic rings. The molecule has 1 aromatic heterocycles. The quantitative estimate of drug-likeness (QED) is 0.751. The minimum Gasteiger partial charge on any atom is -0.424 e. The Labute approximate surface area is 165 Å². The molecule has 2 aliphatic rings. The maximum absolute atomic E-state index is 6.23. The molecule has 3 heterocycles. The van der Waals surface area contributed by atoms with Crippen LogP contribution in [0.1, 0.15) is 45.2 Å². The summed E-state index contributed by atoms with van der Waals surface area (Å²) in [6, 6.07) is 7.77. The highest BCUT2D eigenvalue weighted by Crippen LogP contribution is 2.38. The van der Waals surface area contributed by atoms with E-state index < -0.39 is 24.6 Å². The Morgan fingerprint density at radius 1 is 1.04 bits per heavy atom. The average molecular weight is 384 g/mol. The van der Waals surface area contributed by atoms with Crippen LogP contribution < -0.4 is 10.2 Å². The molecule has 7 nitrogen and oxygen atoms in total. The van der Waals surface area contributed by atoms with Crippen molar-refractivity contribution in [3.8, 4) is 11.8 Å². The molecular weight excluding hydrogens is 359 g/mol. The van der Waals surface area contributed by atoms with Gasteiger partial charge in [-0.15, -0.1) is 0 Å². The van der Waals surface area contributed by atoms with E-state index in [0.717, 1.165) is 16.7 Å². The van der Waals surface area contributed by atoms with Crippen molar-refractivity contribution in [1.82, 2.24) is 9.97 Å². The number of benzene rings is 1. The van der Waals surface area contributed by atoms with Crippen LogP contribution in [-0.2, 0) is 18.8 Å². The Bertz CT molecular complexity index is 851. The van der Waals surface area contributed by atoms with Gasteiger partial charge in [0.05, 0.1) is 24.4 Å². The van der Waals surface area contributed by atoms with Gasteiger partial charge in [-0.1, -0.05) is 6.07 Å². The predicted octanol–water partition coefficient (Wildman–Crippen LogP) is 2.92. The van der Waals surface area contributed by atoms with Crippen LogP contribution in [0, 0.1) is 6.92 Å². The average Bonchev–Trinajstić information content (AvgIpc) is 3.21. The zero-order chi connectivity index (χ0) is 19.9. The SMILES string of the molecule is Cc1ccnc(Oc2ccc(B3OC(C)(C)C(C)(C)O3)c(C3OCCO3)c2)n1. The molecule has 0 amide bonds. The molecule has 1 aromatic carbocycles. The molecular formula is C20H25BN2O5. The Balaban J connectivity index is 1.67. The molecule has 0 N–H and O–H groups in total. The molecule has 0 bridgehead atoms. The second-order valence-corrected chi connectivity index (χ2v) is 8.04. The maximum Gasteiger partial charge on any atom is 0.495 e. The van der Waals surface area contributed by atoms with Crippen LogP contribution >= 0.6 is 0 Å². The fourth-order valence-corrected chi connectivity index (χ4v) is 3.12. The first-order chi connectivity index (χ1) is 13.2. The monoisotopic (exact) mass is 384 g/mol. The van der Waals surface area contributed by atoms with Gasteiger partial charge in [-0.25, -0.2) is 9.97 Å². The van der Waals surface area contributed by atoms with E-state index in [9.17, 15) is 0 Å². The molecule has 0 aliphatic carbocycles. The van der Waals surface area contributed by atoms with Crippen molar-refractivity contribution in [2.75, 3.05) is 13.2 Å². The second-order valence-electron chi connectivity index (χ2n) is 8.04. The highest BCUT2D eigenvalue weighted by Gasteiger charge is 2.52. The molecule has 0 saturated carbocycles. The smallest absolute Gasteiger partial charge is 0.424 e. The zero-order valence-corrected chi connectivity index (χ0v) is 16.9. The molecule has 2 saturated heterocycles. The fourth-order valence-electron chi connectivity index (χ4n) is 3.12. The number of ether oxygens (including phenoxy) is 3. The summed E-state index contributed by atoms with van der Waals surface area (Å²) in [7, 11) is -0.517.